The quantitative estimate of drug-likeness (QED) is 0.655. The minimum atomic E-state index is -3.72. The second kappa shape index (κ2) is 10.7. The molecule has 1 saturated heterocycles. The van der Waals surface area contributed by atoms with Crippen molar-refractivity contribution in [2.75, 3.05) is 13.1 Å². The smallest absolute Gasteiger partial charge is 0.251 e. The van der Waals surface area contributed by atoms with Crippen LogP contribution in [0.25, 0.3) is 0 Å². The normalized spacial score (nSPS) is 22.1. The van der Waals surface area contributed by atoms with Crippen molar-refractivity contribution in [2.24, 2.45) is 5.92 Å². The highest BCUT2D eigenvalue weighted by Crippen LogP contribution is 2.25. The van der Waals surface area contributed by atoms with E-state index >= 15 is 0 Å². The SMILES string of the molecule is O=C(N[C@@H]1CCCC[C@H]1NC(=O)C1CCN(S(=O)(=O)c2ccc(F)cc2)CC1)c1ccccc1. The first-order valence-corrected chi connectivity index (χ1v) is 13.2. The summed E-state index contributed by atoms with van der Waals surface area (Å²) in [4.78, 5) is 25.7. The van der Waals surface area contributed by atoms with Crippen LogP contribution in [0.5, 0.6) is 0 Å². The number of hydrogen-bond donors (Lipinski definition) is 2. The molecule has 182 valence electrons. The molecule has 0 spiro atoms. The topological polar surface area (TPSA) is 95.6 Å². The van der Waals surface area contributed by atoms with Gasteiger partial charge in [-0.15, -0.1) is 0 Å². The third-order valence-corrected chi connectivity index (χ3v) is 8.64. The van der Waals surface area contributed by atoms with Crippen molar-refractivity contribution < 1.29 is 22.4 Å². The van der Waals surface area contributed by atoms with Gasteiger partial charge in [0, 0.05) is 36.7 Å². The number of nitrogens with zero attached hydrogens (tertiary/aromatic N) is 1. The molecule has 0 bridgehead atoms. The van der Waals surface area contributed by atoms with E-state index in [4.69, 9.17) is 0 Å². The molecule has 2 atom stereocenters. The summed E-state index contributed by atoms with van der Waals surface area (Å²) in [5.74, 6) is -1.02. The van der Waals surface area contributed by atoms with E-state index in [1.165, 1.54) is 16.4 Å². The average Bonchev–Trinajstić information content (AvgIpc) is 2.86. The van der Waals surface area contributed by atoms with Crippen molar-refractivity contribution >= 4 is 21.8 Å². The summed E-state index contributed by atoms with van der Waals surface area (Å²) >= 11 is 0. The third-order valence-electron chi connectivity index (χ3n) is 6.72. The van der Waals surface area contributed by atoms with Gasteiger partial charge in [0.25, 0.3) is 5.91 Å². The summed E-state index contributed by atoms with van der Waals surface area (Å²) in [6.45, 7) is 0.466. The maximum Gasteiger partial charge on any atom is 0.251 e. The van der Waals surface area contributed by atoms with Gasteiger partial charge in [-0.2, -0.15) is 4.31 Å². The second-order valence-electron chi connectivity index (χ2n) is 8.98. The van der Waals surface area contributed by atoms with E-state index in [2.05, 4.69) is 10.6 Å². The molecule has 2 aromatic carbocycles. The fraction of sp³-hybridized carbons (Fsp3) is 0.440. The van der Waals surface area contributed by atoms with E-state index in [0.717, 1.165) is 37.8 Å². The summed E-state index contributed by atoms with van der Waals surface area (Å²) in [5.41, 5.74) is 0.591. The van der Waals surface area contributed by atoms with Gasteiger partial charge in [-0.25, -0.2) is 12.8 Å². The van der Waals surface area contributed by atoms with Crippen LogP contribution in [0.3, 0.4) is 0 Å². The van der Waals surface area contributed by atoms with Crippen LogP contribution in [0.4, 0.5) is 4.39 Å². The molecular formula is C25H30FN3O4S. The van der Waals surface area contributed by atoms with Crippen molar-refractivity contribution in [3.8, 4) is 0 Å². The Balaban J connectivity index is 1.32. The van der Waals surface area contributed by atoms with Gasteiger partial charge in [-0.05, 0) is 62.1 Å². The van der Waals surface area contributed by atoms with Crippen molar-refractivity contribution in [2.45, 2.75) is 55.5 Å². The van der Waals surface area contributed by atoms with Crippen LogP contribution in [0.2, 0.25) is 0 Å². The maximum atomic E-state index is 13.2. The van der Waals surface area contributed by atoms with Crippen molar-refractivity contribution in [1.82, 2.24) is 14.9 Å². The van der Waals surface area contributed by atoms with Gasteiger partial charge in [-0.3, -0.25) is 9.59 Å². The van der Waals surface area contributed by atoms with Crippen molar-refractivity contribution in [3.05, 3.63) is 66.0 Å². The third kappa shape index (κ3) is 5.64. The monoisotopic (exact) mass is 487 g/mol. The number of benzene rings is 2. The zero-order valence-electron chi connectivity index (χ0n) is 19.0. The standard InChI is InChI=1S/C25H30FN3O4S/c26-20-10-12-21(13-11-20)34(32,33)29-16-14-19(15-17-29)25(31)28-23-9-5-4-8-22(23)27-24(30)18-6-2-1-3-7-18/h1-3,6-7,10-13,19,22-23H,4-5,8-9,14-17H2,(H,27,30)(H,28,31)/t22-,23-/m1/s1. The lowest BCUT2D eigenvalue weighted by molar-refractivity contribution is -0.127. The number of carbonyl (C=O) groups is 2. The molecule has 9 heteroatoms. The molecule has 2 aromatic rings. The van der Waals surface area contributed by atoms with Gasteiger partial charge >= 0.3 is 0 Å². The van der Waals surface area contributed by atoms with Crippen LogP contribution in [0.1, 0.15) is 48.9 Å². The first kappa shape index (κ1) is 24.3. The number of piperidine rings is 1. The van der Waals surface area contributed by atoms with Crippen LogP contribution in [-0.4, -0.2) is 49.7 Å². The Kier molecular flexibility index (Phi) is 7.63. The lowest BCUT2D eigenvalue weighted by Gasteiger charge is -2.35. The molecule has 4 rings (SSSR count). The van der Waals surface area contributed by atoms with Crippen LogP contribution >= 0.6 is 0 Å². The van der Waals surface area contributed by atoms with Crippen LogP contribution in [-0.2, 0) is 14.8 Å². The maximum absolute atomic E-state index is 13.2. The number of rotatable bonds is 6. The molecule has 0 radical (unpaired) electrons. The van der Waals surface area contributed by atoms with Gasteiger partial charge in [-0.1, -0.05) is 31.0 Å². The molecule has 2 N–H and O–H groups in total. The lowest BCUT2D eigenvalue weighted by Crippen LogP contribution is -2.55. The summed E-state index contributed by atoms with van der Waals surface area (Å²) in [6.07, 6.45) is 4.41. The van der Waals surface area contributed by atoms with E-state index < -0.39 is 15.8 Å². The van der Waals surface area contributed by atoms with E-state index in [1.807, 2.05) is 18.2 Å². The summed E-state index contributed by atoms with van der Waals surface area (Å²) in [6, 6.07) is 13.5. The number of sulfonamides is 1. The average molecular weight is 488 g/mol. The summed E-state index contributed by atoms with van der Waals surface area (Å²) < 4.78 is 40.1. The highest BCUT2D eigenvalue weighted by Gasteiger charge is 2.34. The zero-order chi connectivity index (χ0) is 24.1. The Hall–Kier alpha value is -2.78. The Morgan fingerprint density at radius 2 is 1.41 bits per heavy atom. The first-order chi connectivity index (χ1) is 16.3. The Labute approximate surface area is 199 Å². The number of halogens is 1. The number of amides is 2. The number of nitrogens with one attached hydrogen (secondary N) is 2. The minimum Gasteiger partial charge on any atom is -0.351 e. The molecule has 1 heterocycles. The Bertz CT molecular complexity index is 1100. The molecule has 0 aromatic heterocycles. The van der Waals surface area contributed by atoms with E-state index in [1.54, 1.807) is 12.1 Å². The van der Waals surface area contributed by atoms with Gasteiger partial charge in [0.1, 0.15) is 5.82 Å². The largest absolute Gasteiger partial charge is 0.351 e. The van der Waals surface area contributed by atoms with Crippen LogP contribution in [0.15, 0.2) is 59.5 Å². The fourth-order valence-electron chi connectivity index (χ4n) is 4.73. The first-order valence-electron chi connectivity index (χ1n) is 11.8. The van der Waals surface area contributed by atoms with E-state index in [-0.39, 0.29) is 47.8 Å². The zero-order valence-corrected chi connectivity index (χ0v) is 19.8. The molecule has 2 amide bonds. The molecule has 34 heavy (non-hydrogen) atoms. The van der Waals surface area contributed by atoms with Gasteiger partial charge in [0.15, 0.2) is 0 Å². The molecule has 0 unspecified atom stereocenters. The second-order valence-corrected chi connectivity index (χ2v) is 10.9. The number of hydrogen-bond acceptors (Lipinski definition) is 4. The highest BCUT2D eigenvalue weighted by atomic mass is 32.2. The molecule has 7 nitrogen and oxygen atoms in total. The van der Waals surface area contributed by atoms with E-state index in [9.17, 15) is 22.4 Å². The lowest BCUT2D eigenvalue weighted by atomic mass is 9.88. The Morgan fingerprint density at radius 1 is 0.824 bits per heavy atom. The van der Waals surface area contributed by atoms with Crippen LogP contribution < -0.4 is 10.6 Å². The molecule has 1 saturated carbocycles. The van der Waals surface area contributed by atoms with E-state index in [0.29, 0.717) is 18.4 Å². The predicted octanol–water partition coefficient (Wildman–Crippen LogP) is 3.08. The fourth-order valence-corrected chi connectivity index (χ4v) is 6.20. The molecule has 2 aliphatic rings. The van der Waals surface area contributed by atoms with Gasteiger partial charge in [0.05, 0.1) is 4.90 Å². The molecule has 2 fully saturated rings. The molecule has 1 aliphatic carbocycles. The van der Waals surface area contributed by atoms with Crippen molar-refractivity contribution in [3.63, 3.8) is 0 Å². The number of carbonyl (C=O) groups excluding carboxylic acids is 2. The summed E-state index contributed by atoms with van der Waals surface area (Å²) in [5, 5.41) is 6.20. The highest BCUT2D eigenvalue weighted by molar-refractivity contribution is 7.89. The van der Waals surface area contributed by atoms with Gasteiger partial charge < -0.3 is 10.6 Å². The molecule has 1 aliphatic heterocycles. The minimum absolute atomic E-state index is 0.0519. The Morgan fingerprint density at radius 3 is 2.03 bits per heavy atom. The summed E-state index contributed by atoms with van der Waals surface area (Å²) in [7, 11) is -3.72. The van der Waals surface area contributed by atoms with Crippen molar-refractivity contribution in [1.29, 1.82) is 0 Å². The van der Waals surface area contributed by atoms with Crippen LogP contribution in [0, 0.1) is 11.7 Å². The predicted molar refractivity (Wildman–Crippen MR) is 126 cm³/mol. The van der Waals surface area contributed by atoms with Gasteiger partial charge in [0.2, 0.25) is 15.9 Å². The molecular weight excluding hydrogens is 457 g/mol.